The number of ether oxygens (including phenoxy) is 3. The van der Waals surface area contributed by atoms with E-state index in [0.717, 1.165) is 96.3 Å². The minimum Gasteiger partial charge on any atom is -0.462 e. The smallest absolute Gasteiger partial charge is 0.306 e. The summed E-state index contributed by atoms with van der Waals surface area (Å²) in [6.45, 7) is 6.54. The first kappa shape index (κ1) is 70.8. The van der Waals surface area contributed by atoms with Crippen LogP contribution in [-0.2, 0) is 28.6 Å². The number of hydrogen-bond donors (Lipinski definition) is 0. The second kappa shape index (κ2) is 62.4. The number of unbranched alkanes of at least 4 members (excludes halogenated alkanes) is 35. The quantitative estimate of drug-likeness (QED) is 0.0261. The van der Waals surface area contributed by atoms with Crippen molar-refractivity contribution in [2.24, 2.45) is 0 Å². The molecule has 0 aromatic carbocycles. The molecule has 1 unspecified atom stereocenters. The molecule has 0 aromatic heterocycles. The monoisotopic (exact) mass is 1030 g/mol. The van der Waals surface area contributed by atoms with Gasteiger partial charge in [-0.25, -0.2) is 0 Å². The van der Waals surface area contributed by atoms with Crippen molar-refractivity contribution in [3.63, 3.8) is 0 Å². The van der Waals surface area contributed by atoms with Crippen molar-refractivity contribution >= 4 is 17.9 Å². The van der Waals surface area contributed by atoms with Crippen molar-refractivity contribution in [3.05, 3.63) is 72.9 Å². The minimum absolute atomic E-state index is 0.0847. The zero-order valence-corrected chi connectivity index (χ0v) is 49.1. The third-order valence-corrected chi connectivity index (χ3v) is 14.0. The van der Waals surface area contributed by atoms with Crippen LogP contribution in [0.15, 0.2) is 72.9 Å². The average Bonchev–Trinajstić information content (AvgIpc) is 3.40. The van der Waals surface area contributed by atoms with E-state index in [0.29, 0.717) is 19.3 Å². The van der Waals surface area contributed by atoms with Crippen LogP contribution in [0.3, 0.4) is 0 Å². The lowest BCUT2D eigenvalue weighted by molar-refractivity contribution is -0.167. The molecule has 1 atom stereocenters. The van der Waals surface area contributed by atoms with Gasteiger partial charge in [0.25, 0.3) is 0 Å². The van der Waals surface area contributed by atoms with Crippen molar-refractivity contribution in [1.82, 2.24) is 0 Å². The topological polar surface area (TPSA) is 78.9 Å². The van der Waals surface area contributed by atoms with Crippen LogP contribution in [0, 0.1) is 0 Å². The van der Waals surface area contributed by atoms with Gasteiger partial charge in [0, 0.05) is 19.3 Å². The highest BCUT2D eigenvalue weighted by Crippen LogP contribution is 2.17. The van der Waals surface area contributed by atoms with Crippen LogP contribution in [0.2, 0.25) is 0 Å². The highest BCUT2D eigenvalue weighted by Gasteiger charge is 2.19. The summed E-state index contributed by atoms with van der Waals surface area (Å²) < 4.78 is 16.9. The molecule has 0 aliphatic carbocycles. The van der Waals surface area contributed by atoms with Crippen molar-refractivity contribution in [1.29, 1.82) is 0 Å². The Kier molecular flexibility index (Phi) is 59.7. The summed E-state index contributed by atoms with van der Waals surface area (Å²) in [4.78, 5) is 38.3. The standard InChI is InChI=1S/C68H120O6/c1-4-7-10-13-16-19-22-25-28-31-33-34-36-37-40-43-46-49-52-55-58-61-67(70)73-64-65(63-72-66(69)60-57-54-51-48-45-42-39-30-27-24-21-18-15-12-9-6-3)74-68(71)62-59-56-53-50-47-44-41-38-35-32-29-26-23-20-17-14-11-8-5-2/h7,10,16,19,25,28,33-34,37,40,46,49,65H,4-6,8-9,11-15,17-18,20-24,26-27,29-32,35-36,38-39,41-45,47-48,50-64H2,1-3H3/b10-7-,19-16-,28-25-,34-33-,40-37-,49-46-. The van der Waals surface area contributed by atoms with Gasteiger partial charge in [-0.15, -0.1) is 0 Å². The predicted octanol–water partition coefficient (Wildman–Crippen LogP) is 21.7. The van der Waals surface area contributed by atoms with E-state index in [9.17, 15) is 14.4 Å². The van der Waals surface area contributed by atoms with Gasteiger partial charge in [0.15, 0.2) is 6.10 Å². The van der Waals surface area contributed by atoms with Gasteiger partial charge in [-0.2, -0.15) is 0 Å². The maximum atomic E-state index is 12.9. The molecule has 0 amide bonds. The van der Waals surface area contributed by atoms with E-state index in [2.05, 4.69) is 93.7 Å². The van der Waals surface area contributed by atoms with E-state index in [1.165, 1.54) is 186 Å². The largest absolute Gasteiger partial charge is 0.462 e. The zero-order valence-electron chi connectivity index (χ0n) is 49.1. The summed E-state index contributed by atoms with van der Waals surface area (Å²) in [7, 11) is 0. The summed E-state index contributed by atoms with van der Waals surface area (Å²) in [6.07, 6.45) is 80.5. The van der Waals surface area contributed by atoms with Crippen molar-refractivity contribution in [2.75, 3.05) is 13.2 Å². The van der Waals surface area contributed by atoms with Crippen molar-refractivity contribution < 1.29 is 28.6 Å². The Hall–Kier alpha value is -3.15. The van der Waals surface area contributed by atoms with E-state index in [-0.39, 0.29) is 31.1 Å². The van der Waals surface area contributed by atoms with E-state index < -0.39 is 6.10 Å². The molecule has 0 radical (unpaired) electrons. The van der Waals surface area contributed by atoms with E-state index >= 15 is 0 Å². The summed E-state index contributed by atoms with van der Waals surface area (Å²) >= 11 is 0. The van der Waals surface area contributed by atoms with Crippen LogP contribution >= 0.6 is 0 Å². The number of esters is 3. The molecular formula is C68H120O6. The molecule has 428 valence electrons. The molecule has 0 heterocycles. The van der Waals surface area contributed by atoms with E-state index in [1.807, 2.05) is 0 Å². The molecule has 6 heteroatoms. The van der Waals surface area contributed by atoms with Crippen molar-refractivity contribution in [2.45, 2.75) is 329 Å². The van der Waals surface area contributed by atoms with Crippen LogP contribution in [0.4, 0.5) is 0 Å². The van der Waals surface area contributed by atoms with Gasteiger partial charge in [0.1, 0.15) is 13.2 Å². The van der Waals surface area contributed by atoms with Crippen LogP contribution in [-0.4, -0.2) is 37.2 Å². The molecular weight excluding hydrogens is 913 g/mol. The van der Waals surface area contributed by atoms with E-state index in [4.69, 9.17) is 14.2 Å². The highest BCUT2D eigenvalue weighted by molar-refractivity contribution is 5.71. The second-order valence-corrected chi connectivity index (χ2v) is 21.3. The molecule has 0 rings (SSSR count). The van der Waals surface area contributed by atoms with Gasteiger partial charge in [-0.1, -0.05) is 306 Å². The fourth-order valence-electron chi connectivity index (χ4n) is 9.21. The fraction of sp³-hybridized carbons (Fsp3) is 0.779. The molecule has 0 fully saturated rings. The Morgan fingerprint density at radius 1 is 0.284 bits per heavy atom. The summed E-state index contributed by atoms with van der Waals surface area (Å²) in [6, 6.07) is 0. The molecule has 0 saturated carbocycles. The predicted molar refractivity (Wildman–Crippen MR) is 321 cm³/mol. The number of allylic oxidation sites excluding steroid dienone is 12. The number of carbonyl (C=O) groups is 3. The lowest BCUT2D eigenvalue weighted by atomic mass is 10.0. The Labute approximate surface area is 459 Å². The zero-order chi connectivity index (χ0) is 53.6. The Balaban J connectivity index is 4.42. The Bertz CT molecular complexity index is 1370. The van der Waals surface area contributed by atoms with E-state index in [1.54, 1.807) is 0 Å². The number of hydrogen-bond acceptors (Lipinski definition) is 6. The minimum atomic E-state index is -0.791. The van der Waals surface area contributed by atoms with Gasteiger partial charge in [0.05, 0.1) is 0 Å². The van der Waals surface area contributed by atoms with Gasteiger partial charge in [0.2, 0.25) is 0 Å². The van der Waals surface area contributed by atoms with Crippen LogP contribution in [0.1, 0.15) is 323 Å². The average molecular weight is 1030 g/mol. The molecule has 0 spiro atoms. The van der Waals surface area contributed by atoms with Gasteiger partial charge < -0.3 is 14.2 Å². The first-order valence-corrected chi connectivity index (χ1v) is 31.9. The molecule has 0 N–H and O–H groups in total. The maximum Gasteiger partial charge on any atom is 0.306 e. The first-order chi connectivity index (χ1) is 36.5. The summed E-state index contributed by atoms with van der Waals surface area (Å²) in [5.74, 6) is -0.911. The summed E-state index contributed by atoms with van der Waals surface area (Å²) in [5, 5.41) is 0. The highest BCUT2D eigenvalue weighted by atomic mass is 16.6. The SMILES string of the molecule is CC/C=C\C/C=C\C/C=C\C/C=C\C/C=C\C/C=C\CCCCC(=O)OCC(COC(=O)CCCCCCCCCCCCCCCCCC)OC(=O)CCCCCCCCCCCCCCCCCCCCC. The maximum absolute atomic E-state index is 12.9. The first-order valence-electron chi connectivity index (χ1n) is 31.9. The lowest BCUT2D eigenvalue weighted by Crippen LogP contribution is -2.30. The van der Waals surface area contributed by atoms with Crippen LogP contribution in [0.5, 0.6) is 0 Å². The number of rotatable bonds is 58. The third-order valence-electron chi connectivity index (χ3n) is 14.0. The van der Waals surface area contributed by atoms with Gasteiger partial charge in [-0.05, 0) is 70.6 Å². The molecule has 0 bridgehead atoms. The fourth-order valence-corrected chi connectivity index (χ4v) is 9.21. The third kappa shape index (κ3) is 59.7. The van der Waals surface area contributed by atoms with Gasteiger partial charge in [-0.3, -0.25) is 14.4 Å². The molecule has 0 saturated heterocycles. The molecule has 0 aromatic rings. The molecule has 0 aliphatic heterocycles. The second-order valence-electron chi connectivity index (χ2n) is 21.3. The molecule has 6 nitrogen and oxygen atoms in total. The summed E-state index contributed by atoms with van der Waals surface area (Å²) in [5.41, 5.74) is 0. The van der Waals surface area contributed by atoms with Crippen LogP contribution < -0.4 is 0 Å². The Morgan fingerprint density at radius 2 is 0.527 bits per heavy atom. The van der Waals surface area contributed by atoms with Crippen molar-refractivity contribution in [3.8, 4) is 0 Å². The Morgan fingerprint density at radius 3 is 0.824 bits per heavy atom. The molecule has 74 heavy (non-hydrogen) atoms. The van der Waals surface area contributed by atoms with Crippen LogP contribution in [0.25, 0.3) is 0 Å². The molecule has 0 aliphatic rings. The number of carbonyl (C=O) groups excluding carboxylic acids is 3. The van der Waals surface area contributed by atoms with Gasteiger partial charge >= 0.3 is 17.9 Å². The lowest BCUT2D eigenvalue weighted by Gasteiger charge is -2.18. The normalized spacial score (nSPS) is 12.5.